The molecule has 0 fully saturated rings. The van der Waals surface area contributed by atoms with Crippen LogP contribution < -0.4 is 5.32 Å². The van der Waals surface area contributed by atoms with Gasteiger partial charge in [0.15, 0.2) is 0 Å². The molecule has 0 spiro atoms. The fraction of sp³-hybridized carbons (Fsp3) is 0.188. The highest BCUT2D eigenvalue weighted by molar-refractivity contribution is 6.31. The number of carbonyl (C=O) groups is 1. The first-order valence-corrected chi connectivity index (χ1v) is 6.84. The van der Waals surface area contributed by atoms with Gasteiger partial charge in [-0.2, -0.15) is 0 Å². The van der Waals surface area contributed by atoms with Crippen molar-refractivity contribution in [2.45, 2.75) is 6.54 Å². The zero-order valence-electron chi connectivity index (χ0n) is 11.9. The van der Waals surface area contributed by atoms with E-state index in [-0.39, 0.29) is 11.7 Å². The van der Waals surface area contributed by atoms with Crippen LogP contribution in [-0.2, 0) is 6.54 Å². The zero-order chi connectivity index (χ0) is 15.4. The Bertz CT molecular complexity index is 658. The van der Waals surface area contributed by atoms with Gasteiger partial charge in [0.2, 0.25) is 0 Å². The van der Waals surface area contributed by atoms with Gasteiger partial charge >= 0.3 is 0 Å². The van der Waals surface area contributed by atoms with Gasteiger partial charge in [-0.25, -0.2) is 4.39 Å². The molecule has 2 aromatic carbocycles. The molecule has 1 amide bonds. The topological polar surface area (TPSA) is 32.3 Å². The average molecular weight is 307 g/mol. The van der Waals surface area contributed by atoms with Gasteiger partial charge < -0.3 is 10.2 Å². The second-order valence-electron chi connectivity index (χ2n) is 4.87. The molecule has 0 saturated heterocycles. The fourth-order valence-corrected chi connectivity index (χ4v) is 2.11. The fourth-order valence-electron chi connectivity index (χ4n) is 1.93. The quantitative estimate of drug-likeness (QED) is 0.932. The maximum atomic E-state index is 13.2. The van der Waals surface area contributed by atoms with E-state index < -0.39 is 0 Å². The van der Waals surface area contributed by atoms with Gasteiger partial charge in [0.05, 0.1) is 5.56 Å². The van der Waals surface area contributed by atoms with Gasteiger partial charge in [0, 0.05) is 31.4 Å². The van der Waals surface area contributed by atoms with Crippen molar-refractivity contribution in [2.24, 2.45) is 0 Å². The van der Waals surface area contributed by atoms with Crippen molar-refractivity contribution in [2.75, 3.05) is 19.4 Å². The molecule has 0 unspecified atom stereocenters. The lowest BCUT2D eigenvalue weighted by Crippen LogP contribution is -2.23. The Kier molecular flexibility index (Phi) is 4.81. The number of benzene rings is 2. The second-order valence-corrected chi connectivity index (χ2v) is 5.31. The van der Waals surface area contributed by atoms with Crippen LogP contribution in [0.3, 0.4) is 0 Å². The van der Waals surface area contributed by atoms with Crippen molar-refractivity contribution < 1.29 is 9.18 Å². The number of hydrogen-bond acceptors (Lipinski definition) is 2. The van der Waals surface area contributed by atoms with E-state index >= 15 is 0 Å². The van der Waals surface area contributed by atoms with E-state index in [2.05, 4.69) is 5.32 Å². The van der Waals surface area contributed by atoms with E-state index in [9.17, 15) is 9.18 Å². The number of nitrogens with zero attached hydrogens (tertiary/aromatic N) is 1. The van der Waals surface area contributed by atoms with Crippen molar-refractivity contribution in [1.29, 1.82) is 0 Å². The lowest BCUT2D eigenvalue weighted by molar-refractivity contribution is 0.0828. The van der Waals surface area contributed by atoms with Gasteiger partial charge in [-0.05, 0) is 35.9 Å². The SMILES string of the molecule is CN(C)C(=O)c1ccc(Cl)cc1NCc1cccc(F)c1. The minimum absolute atomic E-state index is 0.117. The molecule has 3 nitrogen and oxygen atoms in total. The monoisotopic (exact) mass is 306 g/mol. The summed E-state index contributed by atoms with van der Waals surface area (Å²) in [5.41, 5.74) is 1.95. The molecule has 0 aliphatic heterocycles. The molecule has 2 rings (SSSR count). The summed E-state index contributed by atoms with van der Waals surface area (Å²) >= 11 is 5.98. The molecule has 5 heteroatoms. The number of amides is 1. The Balaban J connectivity index is 2.22. The number of anilines is 1. The molecule has 0 heterocycles. The smallest absolute Gasteiger partial charge is 0.255 e. The van der Waals surface area contributed by atoms with Crippen molar-refractivity contribution in [3.8, 4) is 0 Å². The number of rotatable bonds is 4. The highest BCUT2D eigenvalue weighted by Crippen LogP contribution is 2.23. The van der Waals surface area contributed by atoms with Gasteiger partial charge in [-0.3, -0.25) is 4.79 Å². The van der Waals surface area contributed by atoms with Crippen LogP contribution in [0.2, 0.25) is 5.02 Å². The molecule has 1 N–H and O–H groups in total. The lowest BCUT2D eigenvalue weighted by atomic mass is 10.1. The Morgan fingerprint density at radius 3 is 2.67 bits per heavy atom. The summed E-state index contributed by atoms with van der Waals surface area (Å²) in [4.78, 5) is 13.6. The van der Waals surface area contributed by atoms with Crippen molar-refractivity contribution in [3.63, 3.8) is 0 Å². The van der Waals surface area contributed by atoms with Crippen molar-refractivity contribution in [1.82, 2.24) is 4.90 Å². The molecule has 110 valence electrons. The average Bonchev–Trinajstić information content (AvgIpc) is 2.44. The summed E-state index contributed by atoms with van der Waals surface area (Å²) in [5.74, 6) is -0.404. The second kappa shape index (κ2) is 6.59. The molecular weight excluding hydrogens is 291 g/mol. The number of halogens is 2. The highest BCUT2D eigenvalue weighted by Gasteiger charge is 2.13. The van der Waals surface area contributed by atoms with Crippen LogP contribution in [0.15, 0.2) is 42.5 Å². The molecule has 0 aliphatic rings. The molecule has 0 radical (unpaired) electrons. The molecule has 0 aromatic heterocycles. The summed E-state index contributed by atoms with van der Waals surface area (Å²) in [6.45, 7) is 0.409. The van der Waals surface area contributed by atoms with E-state index in [0.717, 1.165) is 5.56 Å². The largest absolute Gasteiger partial charge is 0.380 e. The van der Waals surface area contributed by atoms with Crippen LogP contribution in [0.5, 0.6) is 0 Å². The first-order valence-electron chi connectivity index (χ1n) is 6.47. The van der Waals surface area contributed by atoms with E-state index in [1.807, 2.05) is 6.07 Å². The molecule has 2 aromatic rings. The zero-order valence-corrected chi connectivity index (χ0v) is 12.6. The molecule has 0 bridgehead atoms. The Labute approximate surface area is 128 Å². The van der Waals surface area contributed by atoms with Crippen LogP contribution in [0, 0.1) is 5.82 Å². The number of nitrogens with one attached hydrogen (secondary N) is 1. The number of hydrogen-bond donors (Lipinski definition) is 1. The molecule has 21 heavy (non-hydrogen) atoms. The van der Waals surface area contributed by atoms with Crippen LogP contribution in [-0.4, -0.2) is 24.9 Å². The van der Waals surface area contributed by atoms with E-state index in [1.165, 1.54) is 17.0 Å². The third-order valence-corrected chi connectivity index (χ3v) is 3.23. The van der Waals surface area contributed by atoms with Crippen LogP contribution >= 0.6 is 11.6 Å². The van der Waals surface area contributed by atoms with Gasteiger partial charge in [0.25, 0.3) is 5.91 Å². The molecular formula is C16H16ClFN2O. The van der Waals surface area contributed by atoms with Crippen LogP contribution in [0.25, 0.3) is 0 Å². The maximum Gasteiger partial charge on any atom is 0.255 e. The summed E-state index contributed by atoms with van der Waals surface area (Å²) in [6, 6.07) is 11.3. The van der Waals surface area contributed by atoms with Crippen LogP contribution in [0.1, 0.15) is 15.9 Å². The standard InChI is InChI=1S/C16H16ClFN2O/c1-20(2)16(21)14-7-6-12(17)9-15(14)19-10-11-4-3-5-13(18)8-11/h3-9,19H,10H2,1-2H3. The van der Waals surface area contributed by atoms with Crippen molar-refractivity contribution in [3.05, 3.63) is 64.4 Å². The van der Waals surface area contributed by atoms with E-state index in [1.54, 1.807) is 38.4 Å². The first kappa shape index (κ1) is 15.3. The first-order chi connectivity index (χ1) is 9.97. The number of carbonyl (C=O) groups excluding carboxylic acids is 1. The predicted molar refractivity (Wildman–Crippen MR) is 83.2 cm³/mol. The minimum Gasteiger partial charge on any atom is -0.380 e. The Hall–Kier alpha value is -2.07. The minimum atomic E-state index is -0.287. The van der Waals surface area contributed by atoms with E-state index in [0.29, 0.717) is 22.8 Å². The third-order valence-electron chi connectivity index (χ3n) is 2.99. The summed E-state index contributed by atoms with van der Waals surface area (Å²) in [7, 11) is 3.38. The summed E-state index contributed by atoms with van der Waals surface area (Å²) in [5, 5.41) is 3.67. The van der Waals surface area contributed by atoms with Crippen molar-refractivity contribution >= 4 is 23.2 Å². The summed E-state index contributed by atoms with van der Waals surface area (Å²) < 4.78 is 13.2. The summed E-state index contributed by atoms with van der Waals surface area (Å²) in [6.07, 6.45) is 0. The Morgan fingerprint density at radius 1 is 1.24 bits per heavy atom. The van der Waals surface area contributed by atoms with Gasteiger partial charge in [-0.1, -0.05) is 23.7 Å². The maximum absolute atomic E-state index is 13.2. The highest BCUT2D eigenvalue weighted by atomic mass is 35.5. The van der Waals surface area contributed by atoms with Crippen LogP contribution in [0.4, 0.5) is 10.1 Å². The predicted octanol–water partition coefficient (Wildman–Crippen LogP) is 3.79. The lowest BCUT2D eigenvalue weighted by Gasteiger charge is -2.16. The molecule has 0 saturated carbocycles. The normalized spacial score (nSPS) is 10.3. The Morgan fingerprint density at radius 2 is 2.00 bits per heavy atom. The molecule has 0 aliphatic carbocycles. The third kappa shape index (κ3) is 3.95. The molecule has 0 atom stereocenters. The van der Waals surface area contributed by atoms with E-state index in [4.69, 9.17) is 11.6 Å². The van der Waals surface area contributed by atoms with Gasteiger partial charge in [0.1, 0.15) is 5.82 Å². The van der Waals surface area contributed by atoms with Gasteiger partial charge in [-0.15, -0.1) is 0 Å².